The molecule has 21 heavy (non-hydrogen) atoms. The van der Waals surface area contributed by atoms with Crippen LogP contribution in [0.15, 0.2) is 51.8 Å². The molecule has 6 heteroatoms. The van der Waals surface area contributed by atoms with Crippen LogP contribution in [0.25, 0.3) is 0 Å². The minimum Gasteiger partial charge on any atom is -0.378 e. The highest BCUT2D eigenvalue weighted by atomic mass is 79.9. The summed E-state index contributed by atoms with van der Waals surface area (Å²) in [6.07, 6.45) is 0. The molecule has 0 amide bonds. The van der Waals surface area contributed by atoms with E-state index in [9.17, 15) is 8.78 Å². The van der Waals surface area contributed by atoms with Crippen LogP contribution in [-0.2, 0) is 0 Å². The van der Waals surface area contributed by atoms with Gasteiger partial charge in [-0.2, -0.15) is 8.78 Å². The number of nitrogens with one attached hydrogen (secondary N) is 1. The van der Waals surface area contributed by atoms with Crippen molar-refractivity contribution in [3.63, 3.8) is 0 Å². The van der Waals surface area contributed by atoms with Crippen molar-refractivity contribution >= 4 is 45.0 Å². The van der Waals surface area contributed by atoms with Crippen molar-refractivity contribution in [2.24, 2.45) is 0 Å². The maximum Gasteiger partial charge on any atom is 0.288 e. The molecule has 0 bridgehead atoms. The summed E-state index contributed by atoms with van der Waals surface area (Å²) >= 11 is 10.1. The van der Waals surface area contributed by atoms with Gasteiger partial charge in [-0.1, -0.05) is 57.5 Å². The van der Waals surface area contributed by atoms with Gasteiger partial charge in [0.2, 0.25) is 0 Å². The molecular formula is C15H13BrClF2NS. The number of halogens is 4. The third-order valence-electron chi connectivity index (χ3n) is 2.90. The molecule has 0 aliphatic carbocycles. The molecule has 1 nitrogen and oxygen atoms in total. The minimum absolute atomic E-state index is 0.0926. The van der Waals surface area contributed by atoms with E-state index in [-0.39, 0.29) is 6.04 Å². The second-order valence-electron chi connectivity index (χ2n) is 4.41. The van der Waals surface area contributed by atoms with Gasteiger partial charge in [-0.25, -0.2) is 0 Å². The Balaban J connectivity index is 2.21. The molecule has 0 saturated heterocycles. The molecule has 112 valence electrons. The van der Waals surface area contributed by atoms with Crippen LogP contribution in [0, 0.1) is 0 Å². The summed E-state index contributed by atoms with van der Waals surface area (Å²) in [4.78, 5) is 0.521. The van der Waals surface area contributed by atoms with Crippen LogP contribution in [0.2, 0.25) is 5.02 Å². The molecule has 0 aromatic heterocycles. The molecule has 0 fully saturated rings. The summed E-state index contributed by atoms with van der Waals surface area (Å²) < 4.78 is 26.1. The fourth-order valence-corrected chi connectivity index (χ4v) is 3.39. The Labute approximate surface area is 140 Å². The summed E-state index contributed by atoms with van der Waals surface area (Å²) in [6.45, 7) is 1.94. The lowest BCUT2D eigenvalue weighted by Crippen LogP contribution is -2.08. The van der Waals surface area contributed by atoms with Crippen LogP contribution in [0.4, 0.5) is 14.5 Å². The third kappa shape index (κ3) is 4.59. The number of anilines is 1. The Morgan fingerprint density at radius 3 is 2.57 bits per heavy atom. The van der Waals surface area contributed by atoms with Crippen molar-refractivity contribution in [1.29, 1.82) is 0 Å². The average Bonchev–Trinajstić information content (AvgIpc) is 2.40. The Kier molecular flexibility index (Phi) is 5.90. The monoisotopic (exact) mass is 391 g/mol. The van der Waals surface area contributed by atoms with Gasteiger partial charge in [0.15, 0.2) is 0 Å². The van der Waals surface area contributed by atoms with Gasteiger partial charge < -0.3 is 5.32 Å². The minimum atomic E-state index is -2.44. The van der Waals surface area contributed by atoms with Crippen LogP contribution in [0.1, 0.15) is 18.5 Å². The maximum atomic E-state index is 12.6. The number of alkyl halides is 2. The third-order valence-corrected chi connectivity index (χ3v) is 4.51. The number of thioether (sulfide) groups is 1. The van der Waals surface area contributed by atoms with Gasteiger partial charge in [-0.05, 0) is 36.8 Å². The summed E-state index contributed by atoms with van der Waals surface area (Å²) in [5.41, 5.74) is 1.59. The zero-order valence-corrected chi connectivity index (χ0v) is 14.3. The topological polar surface area (TPSA) is 12.0 Å². The summed E-state index contributed by atoms with van der Waals surface area (Å²) in [5, 5.41) is 3.87. The van der Waals surface area contributed by atoms with Crippen molar-refractivity contribution in [1.82, 2.24) is 0 Å². The number of para-hydroxylation sites is 1. The molecule has 0 aliphatic heterocycles. The first-order chi connectivity index (χ1) is 9.97. The van der Waals surface area contributed by atoms with E-state index in [0.717, 1.165) is 10.0 Å². The van der Waals surface area contributed by atoms with Gasteiger partial charge in [0.05, 0.1) is 6.04 Å². The second kappa shape index (κ2) is 7.47. The van der Waals surface area contributed by atoms with Gasteiger partial charge >= 0.3 is 0 Å². The lowest BCUT2D eigenvalue weighted by Gasteiger charge is -2.19. The average molecular weight is 393 g/mol. The standard InChI is InChI=1S/C15H13BrClF2NS/c1-9(11-7-6-10(16)8-12(11)17)20-13-4-2-3-5-14(13)21-15(18)19/h2-9,15,20H,1H3. The molecule has 0 heterocycles. The van der Waals surface area contributed by atoms with Gasteiger partial charge in [0, 0.05) is 20.1 Å². The molecular weight excluding hydrogens is 380 g/mol. The molecule has 1 atom stereocenters. The zero-order chi connectivity index (χ0) is 15.4. The van der Waals surface area contributed by atoms with Crippen molar-refractivity contribution in [2.45, 2.75) is 23.6 Å². The highest BCUT2D eigenvalue weighted by Crippen LogP contribution is 2.35. The lowest BCUT2D eigenvalue weighted by atomic mass is 10.1. The van der Waals surface area contributed by atoms with Gasteiger partial charge in [0.25, 0.3) is 5.76 Å². The maximum absolute atomic E-state index is 12.6. The quantitative estimate of drug-likeness (QED) is 0.576. The van der Waals surface area contributed by atoms with Crippen LogP contribution in [0.5, 0.6) is 0 Å². The molecule has 0 aliphatic rings. The van der Waals surface area contributed by atoms with Crippen LogP contribution >= 0.6 is 39.3 Å². The largest absolute Gasteiger partial charge is 0.378 e. The number of hydrogen-bond donors (Lipinski definition) is 1. The molecule has 1 unspecified atom stereocenters. The molecule has 2 aromatic carbocycles. The normalized spacial score (nSPS) is 12.5. The van der Waals surface area contributed by atoms with E-state index in [1.165, 1.54) is 0 Å². The lowest BCUT2D eigenvalue weighted by molar-refractivity contribution is 0.252. The zero-order valence-electron chi connectivity index (χ0n) is 11.1. The van der Waals surface area contributed by atoms with E-state index in [1.807, 2.05) is 31.2 Å². The molecule has 1 N–H and O–H groups in total. The van der Waals surface area contributed by atoms with E-state index in [2.05, 4.69) is 21.2 Å². The highest BCUT2D eigenvalue weighted by Gasteiger charge is 2.14. The van der Waals surface area contributed by atoms with E-state index in [0.29, 0.717) is 27.4 Å². The predicted octanol–water partition coefficient (Wildman–Crippen LogP) is 6.59. The predicted molar refractivity (Wildman–Crippen MR) is 89.5 cm³/mol. The van der Waals surface area contributed by atoms with Crippen LogP contribution < -0.4 is 5.32 Å². The van der Waals surface area contributed by atoms with Crippen molar-refractivity contribution in [3.05, 3.63) is 57.5 Å². The van der Waals surface area contributed by atoms with E-state index in [1.54, 1.807) is 18.2 Å². The molecule has 0 saturated carbocycles. The number of benzene rings is 2. The van der Waals surface area contributed by atoms with Crippen molar-refractivity contribution in [2.75, 3.05) is 5.32 Å². The summed E-state index contributed by atoms with van der Waals surface area (Å²) in [6, 6.07) is 12.6. The fourth-order valence-electron chi connectivity index (χ4n) is 1.95. The van der Waals surface area contributed by atoms with E-state index in [4.69, 9.17) is 11.6 Å². The second-order valence-corrected chi connectivity index (χ2v) is 6.76. The smallest absolute Gasteiger partial charge is 0.288 e. The van der Waals surface area contributed by atoms with Gasteiger partial charge in [-0.3, -0.25) is 0 Å². The first-order valence-electron chi connectivity index (χ1n) is 6.22. The molecule has 0 radical (unpaired) electrons. The molecule has 2 aromatic rings. The number of rotatable bonds is 5. The Bertz CT molecular complexity index is 624. The van der Waals surface area contributed by atoms with Gasteiger partial charge in [0.1, 0.15) is 0 Å². The van der Waals surface area contributed by atoms with E-state index >= 15 is 0 Å². The molecule has 0 spiro atoms. The highest BCUT2D eigenvalue weighted by molar-refractivity contribution is 9.10. The SMILES string of the molecule is CC(Nc1ccccc1SC(F)F)c1ccc(Br)cc1Cl. The Morgan fingerprint density at radius 2 is 1.90 bits per heavy atom. The van der Waals surface area contributed by atoms with Crippen LogP contribution in [-0.4, -0.2) is 5.76 Å². The Hall–Kier alpha value is -0.780. The van der Waals surface area contributed by atoms with Gasteiger partial charge in [-0.15, -0.1) is 0 Å². The first-order valence-corrected chi connectivity index (χ1v) is 8.27. The van der Waals surface area contributed by atoms with Crippen molar-refractivity contribution < 1.29 is 8.78 Å². The molecule has 2 rings (SSSR count). The Morgan fingerprint density at radius 1 is 1.19 bits per heavy atom. The summed E-state index contributed by atoms with van der Waals surface area (Å²) in [5.74, 6) is -2.44. The first kappa shape index (κ1) is 16.6. The van der Waals surface area contributed by atoms with E-state index < -0.39 is 5.76 Å². The number of hydrogen-bond acceptors (Lipinski definition) is 2. The summed E-state index contributed by atoms with van der Waals surface area (Å²) in [7, 11) is 0. The fraction of sp³-hybridized carbons (Fsp3) is 0.200. The van der Waals surface area contributed by atoms with Crippen LogP contribution in [0.3, 0.4) is 0 Å². The van der Waals surface area contributed by atoms with Crippen molar-refractivity contribution in [3.8, 4) is 0 Å².